The van der Waals surface area contributed by atoms with Gasteiger partial charge in [0.2, 0.25) is 0 Å². The monoisotopic (exact) mass is 215 g/mol. The molecule has 0 atom stereocenters. The molecule has 0 saturated heterocycles. The van der Waals surface area contributed by atoms with Gasteiger partial charge >= 0.3 is 0 Å². The molecule has 0 unspecified atom stereocenters. The van der Waals surface area contributed by atoms with Gasteiger partial charge in [-0.3, -0.25) is 0 Å². The first-order valence-electron chi connectivity index (χ1n) is 5.37. The molecule has 0 aliphatic heterocycles. The molecule has 0 spiro atoms. The predicted molar refractivity (Wildman–Crippen MR) is 60.7 cm³/mol. The number of hydrogen-bond acceptors (Lipinski definition) is 4. The Kier molecular flexibility index (Phi) is 1.92. The van der Waals surface area contributed by atoms with E-state index in [1.807, 2.05) is 11.6 Å². The summed E-state index contributed by atoms with van der Waals surface area (Å²) in [5, 5.41) is 0. The lowest BCUT2D eigenvalue weighted by Gasteiger charge is -2.06. The van der Waals surface area contributed by atoms with E-state index in [1.165, 1.54) is 0 Å². The van der Waals surface area contributed by atoms with Crippen molar-refractivity contribution in [3.05, 3.63) is 23.8 Å². The molecule has 82 valence electrons. The van der Waals surface area contributed by atoms with E-state index in [9.17, 15) is 0 Å². The van der Waals surface area contributed by atoms with Gasteiger partial charge in [-0.1, -0.05) is 0 Å². The van der Waals surface area contributed by atoms with Crippen LogP contribution in [-0.4, -0.2) is 19.5 Å². The lowest BCUT2D eigenvalue weighted by molar-refractivity contribution is 0.891. The van der Waals surface area contributed by atoms with Crippen LogP contribution in [-0.2, 0) is 19.9 Å². The first-order valence-corrected chi connectivity index (χ1v) is 5.37. The molecule has 0 radical (unpaired) electrons. The molecule has 2 heterocycles. The van der Waals surface area contributed by atoms with Crippen molar-refractivity contribution in [3.63, 3.8) is 0 Å². The molecule has 0 aromatic carbocycles. The van der Waals surface area contributed by atoms with E-state index in [4.69, 9.17) is 5.73 Å². The second-order valence-electron chi connectivity index (χ2n) is 4.10. The topological polar surface area (TPSA) is 69.6 Å². The van der Waals surface area contributed by atoms with Crippen molar-refractivity contribution in [2.45, 2.75) is 19.3 Å². The number of hydrogen-bond donors (Lipinski definition) is 1. The van der Waals surface area contributed by atoms with E-state index in [-0.39, 0.29) is 0 Å². The summed E-state index contributed by atoms with van der Waals surface area (Å²) in [6.07, 6.45) is 6.64. The van der Waals surface area contributed by atoms with Crippen LogP contribution in [0.2, 0.25) is 0 Å². The fourth-order valence-corrected chi connectivity index (χ4v) is 2.15. The van der Waals surface area contributed by atoms with E-state index in [2.05, 4.69) is 15.0 Å². The lowest BCUT2D eigenvalue weighted by Crippen LogP contribution is -2.04. The molecule has 0 amide bonds. The highest BCUT2D eigenvalue weighted by Crippen LogP contribution is 2.26. The standard InChI is InChI=1S/C11H13N5/c1-16-6-13-5-9(16)11-14-8-4-2-3-7(8)10(12)15-11/h5-6H,2-4H2,1H3,(H2,12,14,15). The van der Waals surface area contributed by atoms with E-state index in [0.29, 0.717) is 11.6 Å². The summed E-state index contributed by atoms with van der Waals surface area (Å²) in [5.41, 5.74) is 9.08. The second-order valence-corrected chi connectivity index (χ2v) is 4.10. The van der Waals surface area contributed by atoms with E-state index < -0.39 is 0 Å². The summed E-state index contributed by atoms with van der Waals surface area (Å²) in [6, 6.07) is 0. The van der Waals surface area contributed by atoms with E-state index >= 15 is 0 Å². The Labute approximate surface area is 93.4 Å². The minimum absolute atomic E-state index is 0.624. The van der Waals surface area contributed by atoms with Crippen LogP contribution >= 0.6 is 0 Å². The molecular weight excluding hydrogens is 202 g/mol. The minimum atomic E-state index is 0.624. The van der Waals surface area contributed by atoms with Gasteiger partial charge in [0, 0.05) is 18.3 Å². The van der Waals surface area contributed by atoms with Crippen LogP contribution in [0.25, 0.3) is 11.5 Å². The van der Waals surface area contributed by atoms with Gasteiger partial charge in [0.05, 0.1) is 12.5 Å². The van der Waals surface area contributed by atoms with Crippen LogP contribution < -0.4 is 5.73 Å². The number of nitrogens with two attached hydrogens (primary N) is 1. The zero-order valence-corrected chi connectivity index (χ0v) is 9.14. The van der Waals surface area contributed by atoms with Gasteiger partial charge in [-0.15, -0.1) is 0 Å². The molecule has 0 bridgehead atoms. The Morgan fingerprint density at radius 2 is 2.19 bits per heavy atom. The number of nitrogens with zero attached hydrogens (tertiary/aromatic N) is 4. The van der Waals surface area contributed by atoms with Gasteiger partial charge in [0.25, 0.3) is 0 Å². The summed E-state index contributed by atoms with van der Waals surface area (Å²) in [4.78, 5) is 13.0. The number of aromatic nitrogens is 4. The maximum Gasteiger partial charge on any atom is 0.180 e. The minimum Gasteiger partial charge on any atom is -0.383 e. The third kappa shape index (κ3) is 1.28. The predicted octanol–water partition coefficient (Wildman–Crippen LogP) is 0.948. The number of rotatable bonds is 1. The zero-order chi connectivity index (χ0) is 11.1. The highest BCUT2D eigenvalue weighted by atomic mass is 15.1. The molecule has 5 heteroatoms. The Hall–Kier alpha value is -1.91. The summed E-state index contributed by atoms with van der Waals surface area (Å²) in [6.45, 7) is 0. The SMILES string of the molecule is Cn1cncc1-c1nc(N)c2c(n1)CCC2. The van der Waals surface area contributed by atoms with Crippen molar-refractivity contribution >= 4 is 5.82 Å². The smallest absolute Gasteiger partial charge is 0.180 e. The summed E-state index contributed by atoms with van der Waals surface area (Å²) >= 11 is 0. The van der Waals surface area contributed by atoms with Crippen molar-refractivity contribution in [1.82, 2.24) is 19.5 Å². The van der Waals surface area contributed by atoms with Crippen LogP contribution in [0.1, 0.15) is 17.7 Å². The van der Waals surface area contributed by atoms with Gasteiger partial charge in [-0.2, -0.15) is 0 Å². The highest BCUT2D eigenvalue weighted by Gasteiger charge is 2.19. The maximum atomic E-state index is 5.95. The molecule has 0 fully saturated rings. The lowest BCUT2D eigenvalue weighted by atomic mass is 10.2. The Bertz CT molecular complexity index is 543. The van der Waals surface area contributed by atoms with Crippen LogP contribution in [0, 0.1) is 0 Å². The van der Waals surface area contributed by atoms with Crippen molar-refractivity contribution in [2.24, 2.45) is 7.05 Å². The number of fused-ring (bicyclic) bond motifs is 1. The van der Waals surface area contributed by atoms with E-state index in [0.717, 1.165) is 36.2 Å². The quantitative estimate of drug-likeness (QED) is 0.768. The Morgan fingerprint density at radius 3 is 2.94 bits per heavy atom. The molecule has 2 N–H and O–H groups in total. The summed E-state index contributed by atoms with van der Waals surface area (Å²) in [5.74, 6) is 1.30. The van der Waals surface area contributed by atoms with Crippen molar-refractivity contribution in [2.75, 3.05) is 5.73 Å². The Morgan fingerprint density at radius 1 is 1.31 bits per heavy atom. The fourth-order valence-electron chi connectivity index (χ4n) is 2.15. The molecule has 3 rings (SSSR count). The number of imidazole rings is 1. The molecule has 5 nitrogen and oxygen atoms in total. The second kappa shape index (κ2) is 3.30. The summed E-state index contributed by atoms with van der Waals surface area (Å²) in [7, 11) is 1.93. The van der Waals surface area contributed by atoms with Crippen LogP contribution in [0.5, 0.6) is 0 Å². The normalized spacial score (nSPS) is 14.1. The number of aryl methyl sites for hydroxylation is 2. The highest BCUT2D eigenvalue weighted by molar-refractivity contribution is 5.55. The molecule has 2 aromatic heterocycles. The number of nitrogen functional groups attached to an aromatic ring is 1. The van der Waals surface area contributed by atoms with Gasteiger partial charge in [0.15, 0.2) is 5.82 Å². The largest absolute Gasteiger partial charge is 0.383 e. The zero-order valence-electron chi connectivity index (χ0n) is 9.14. The first-order chi connectivity index (χ1) is 7.75. The van der Waals surface area contributed by atoms with Crippen LogP contribution in [0.15, 0.2) is 12.5 Å². The molecule has 2 aromatic rings. The van der Waals surface area contributed by atoms with Crippen molar-refractivity contribution in [3.8, 4) is 11.5 Å². The third-order valence-corrected chi connectivity index (χ3v) is 3.01. The van der Waals surface area contributed by atoms with Gasteiger partial charge in [-0.05, 0) is 19.3 Å². The Balaban J connectivity index is 2.17. The first kappa shape index (κ1) is 9.33. The van der Waals surface area contributed by atoms with Gasteiger partial charge in [-0.25, -0.2) is 15.0 Å². The van der Waals surface area contributed by atoms with Crippen molar-refractivity contribution < 1.29 is 0 Å². The van der Waals surface area contributed by atoms with Crippen molar-refractivity contribution in [1.29, 1.82) is 0 Å². The molecule has 16 heavy (non-hydrogen) atoms. The average Bonchev–Trinajstić information content (AvgIpc) is 2.85. The van der Waals surface area contributed by atoms with Crippen LogP contribution in [0.4, 0.5) is 5.82 Å². The maximum absolute atomic E-state index is 5.95. The van der Waals surface area contributed by atoms with E-state index in [1.54, 1.807) is 12.5 Å². The molecular formula is C11H13N5. The van der Waals surface area contributed by atoms with Gasteiger partial charge in [0.1, 0.15) is 11.5 Å². The molecule has 1 aliphatic carbocycles. The van der Waals surface area contributed by atoms with Gasteiger partial charge < -0.3 is 10.3 Å². The molecule has 0 saturated carbocycles. The average molecular weight is 215 g/mol. The third-order valence-electron chi connectivity index (χ3n) is 3.01. The fraction of sp³-hybridized carbons (Fsp3) is 0.364. The number of anilines is 1. The summed E-state index contributed by atoms with van der Waals surface area (Å²) < 4.78 is 1.90. The van der Waals surface area contributed by atoms with Crippen LogP contribution in [0.3, 0.4) is 0 Å². The molecule has 1 aliphatic rings.